The molecule has 0 aliphatic carbocycles. The summed E-state index contributed by atoms with van der Waals surface area (Å²) in [5, 5.41) is 8.66. The van der Waals surface area contributed by atoms with E-state index in [-0.39, 0.29) is 23.7 Å². The molecule has 0 aliphatic rings. The van der Waals surface area contributed by atoms with Crippen molar-refractivity contribution < 1.29 is 23.4 Å². The molecule has 94 valence electrons. The van der Waals surface area contributed by atoms with Crippen molar-refractivity contribution in [2.45, 2.75) is 19.4 Å². The molecule has 0 unspecified atom stereocenters. The number of aliphatic carboxylic acids is 1. The minimum absolute atomic E-state index is 0.0392. The van der Waals surface area contributed by atoms with Crippen LogP contribution >= 0.6 is 0 Å². The minimum Gasteiger partial charge on any atom is -0.481 e. The van der Waals surface area contributed by atoms with Crippen molar-refractivity contribution in [2.75, 3.05) is 7.11 Å². The van der Waals surface area contributed by atoms with Gasteiger partial charge in [0.2, 0.25) is 5.88 Å². The Bertz CT molecular complexity index is 424. The first-order chi connectivity index (χ1) is 7.99. The lowest BCUT2D eigenvalue weighted by molar-refractivity contribution is -0.136. The molecule has 0 bridgehead atoms. The van der Waals surface area contributed by atoms with Crippen molar-refractivity contribution in [3.05, 3.63) is 22.9 Å². The summed E-state index contributed by atoms with van der Waals surface area (Å²) >= 11 is 0. The second kappa shape index (κ2) is 5.53. The maximum atomic E-state index is 12.7. The Kier molecular flexibility index (Phi) is 4.33. The number of alkyl halides is 2. The minimum atomic E-state index is -2.78. The Morgan fingerprint density at radius 2 is 2.29 bits per heavy atom. The van der Waals surface area contributed by atoms with Gasteiger partial charge in [0.1, 0.15) is 0 Å². The fourth-order valence-corrected chi connectivity index (χ4v) is 1.40. The van der Waals surface area contributed by atoms with Crippen molar-refractivity contribution in [3.8, 4) is 5.88 Å². The number of carboxylic acid groups (broad SMARTS) is 1. The van der Waals surface area contributed by atoms with E-state index in [1.165, 1.54) is 7.11 Å². The summed E-state index contributed by atoms with van der Waals surface area (Å²) in [5.74, 6) is -1.36. The monoisotopic (exact) mass is 246 g/mol. The molecule has 0 spiro atoms. The molecule has 0 aliphatic heterocycles. The average molecular weight is 246 g/mol. The summed E-state index contributed by atoms with van der Waals surface area (Å²) in [6, 6.07) is 1.08. The van der Waals surface area contributed by atoms with Crippen molar-refractivity contribution in [1.82, 2.24) is 4.98 Å². The first kappa shape index (κ1) is 13.3. The smallest absolute Gasteiger partial charge is 0.307 e. The fraction of sp³-hybridized carbons (Fsp3) is 0.400. The van der Waals surface area contributed by atoms with E-state index in [0.717, 1.165) is 6.07 Å². The molecule has 0 aromatic carbocycles. The molecule has 5 nitrogen and oxygen atoms in total. The zero-order chi connectivity index (χ0) is 13.0. The number of methoxy groups -OCH3 is 1. The molecule has 1 aromatic rings. The van der Waals surface area contributed by atoms with Crippen molar-refractivity contribution >= 4 is 5.97 Å². The molecule has 3 N–H and O–H groups in total. The Balaban J connectivity index is 3.28. The maximum Gasteiger partial charge on any atom is 0.307 e. The molecular formula is C10H12F2N2O3. The van der Waals surface area contributed by atoms with Gasteiger partial charge in [-0.3, -0.25) is 4.79 Å². The molecule has 17 heavy (non-hydrogen) atoms. The number of nitrogens with zero attached hydrogens (tertiary/aromatic N) is 1. The lowest BCUT2D eigenvalue weighted by Gasteiger charge is -2.12. The number of nitrogens with two attached hydrogens (primary N) is 1. The SMILES string of the molecule is COc1nc(CN)c(CC(=O)O)cc1C(F)F. The van der Waals surface area contributed by atoms with Gasteiger partial charge in [0.05, 0.1) is 24.8 Å². The third-order valence-corrected chi connectivity index (χ3v) is 2.15. The van der Waals surface area contributed by atoms with Gasteiger partial charge >= 0.3 is 5.97 Å². The normalized spacial score (nSPS) is 10.6. The predicted molar refractivity (Wildman–Crippen MR) is 55.0 cm³/mol. The lowest BCUT2D eigenvalue weighted by atomic mass is 10.1. The molecule has 0 radical (unpaired) electrons. The fourth-order valence-electron chi connectivity index (χ4n) is 1.40. The number of halogens is 2. The molecule has 0 amide bonds. The zero-order valence-electron chi connectivity index (χ0n) is 9.11. The van der Waals surface area contributed by atoms with Crippen LogP contribution in [0.2, 0.25) is 0 Å². The van der Waals surface area contributed by atoms with Gasteiger partial charge < -0.3 is 15.6 Å². The molecule has 7 heteroatoms. The molecule has 0 atom stereocenters. The van der Waals surface area contributed by atoms with E-state index < -0.39 is 24.4 Å². The zero-order valence-corrected chi connectivity index (χ0v) is 9.11. The quantitative estimate of drug-likeness (QED) is 0.812. The summed E-state index contributed by atoms with van der Waals surface area (Å²) in [5.41, 5.74) is 5.37. The second-order valence-corrected chi connectivity index (χ2v) is 3.27. The van der Waals surface area contributed by atoms with Gasteiger partial charge in [-0.25, -0.2) is 13.8 Å². The number of hydrogen-bond donors (Lipinski definition) is 2. The van der Waals surface area contributed by atoms with Gasteiger partial charge in [-0.2, -0.15) is 0 Å². The van der Waals surface area contributed by atoms with Gasteiger partial charge in [0, 0.05) is 6.54 Å². The Morgan fingerprint density at radius 1 is 1.65 bits per heavy atom. The number of ether oxygens (including phenoxy) is 1. The van der Waals surface area contributed by atoms with E-state index in [2.05, 4.69) is 4.98 Å². The third-order valence-electron chi connectivity index (χ3n) is 2.15. The van der Waals surface area contributed by atoms with E-state index >= 15 is 0 Å². The van der Waals surface area contributed by atoms with E-state index in [9.17, 15) is 13.6 Å². The van der Waals surface area contributed by atoms with E-state index in [4.69, 9.17) is 15.6 Å². The number of pyridine rings is 1. The second-order valence-electron chi connectivity index (χ2n) is 3.27. The molecular weight excluding hydrogens is 234 g/mol. The van der Waals surface area contributed by atoms with Crippen LogP contribution in [-0.4, -0.2) is 23.2 Å². The summed E-state index contributed by atoms with van der Waals surface area (Å²) < 4.78 is 30.1. The molecule has 0 fully saturated rings. The van der Waals surface area contributed by atoms with Crippen molar-refractivity contribution in [1.29, 1.82) is 0 Å². The summed E-state index contributed by atoms with van der Waals surface area (Å²) in [6.07, 6.45) is -3.18. The van der Waals surface area contributed by atoms with Crippen LogP contribution in [0.5, 0.6) is 5.88 Å². The van der Waals surface area contributed by atoms with Crippen LogP contribution in [-0.2, 0) is 17.8 Å². The number of rotatable bonds is 5. The van der Waals surface area contributed by atoms with Crippen LogP contribution in [0, 0.1) is 0 Å². The number of carboxylic acids is 1. The van der Waals surface area contributed by atoms with Gasteiger partial charge in [0.25, 0.3) is 6.43 Å². The summed E-state index contributed by atoms with van der Waals surface area (Å²) in [4.78, 5) is 14.4. The Morgan fingerprint density at radius 3 is 2.71 bits per heavy atom. The largest absolute Gasteiger partial charge is 0.481 e. The highest BCUT2D eigenvalue weighted by Crippen LogP contribution is 2.29. The highest BCUT2D eigenvalue weighted by atomic mass is 19.3. The first-order valence-corrected chi connectivity index (χ1v) is 4.76. The first-order valence-electron chi connectivity index (χ1n) is 4.76. The van der Waals surface area contributed by atoms with Gasteiger partial charge in [-0.1, -0.05) is 0 Å². The van der Waals surface area contributed by atoms with Gasteiger partial charge in [-0.05, 0) is 11.6 Å². The Hall–Kier alpha value is -1.76. The average Bonchev–Trinajstić information content (AvgIpc) is 2.27. The van der Waals surface area contributed by atoms with Crippen LogP contribution in [0.4, 0.5) is 8.78 Å². The number of aromatic nitrogens is 1. The predicted octanol–water partition coefficient (Wildman–Crippen LogP) is 1.11. The maximum absolute atomic E-state index is 12.7. The van der Waals surface area contributed by atoms with Crippen LogP contribution < -0.4 is 10.5 Å². The van der Waals surface area contributed by atoms with Crippen LogP contribution in [0.1, 0.15) is 23.2 Å². The number of carbonyl (C=O) groups is 1. The lowest BCUT2D eigenvalue weighted by Crippen LogP contribution is -2.11. The van der Waals surface area contributed by atoms with Crippen molar-refractivity contribution in [2.24, 2.45) is 5.73 Å². The highest BCUT2D eigenvalue weighted by Gasteiger charge is 2.19. The van der Waals surface area contributed by atoms with E-state index in [1.807, 2.05) is 0 Å². The standard InChI is InChI=1S/C10H12F2N2O3/c1-17-10-6(9(11)12)2-5(3-8(15)16)7(4-13)14-10/h2,9H,3-4,13H2,1H3,(H,15,16). The van der Waals surface area contributed by atoms with Crippen molar-refractivity contribution in [3.63, 3.8) is 0 Å². The molecule has 1 rings (SSSR count). The highest BCUT2D eigenvalue weighted by molar-refractivity contribution is 5.70. The molecule has 0 saturated heterocycles. The van der Waals surface area contributed by atoms with Gasteiger partial charge in [0.15, 0.2) is 0 Å². The molecule has 0 saturated carbocycles. The third kappa shape index (κ3) is 3.10. The van der Waals surface area contributed by atoms with Crippen LogP contribution in [0.3, 0.4) is 0 Å². The summed E-state index contributed by atoms with van der Waals surface area (Å²) in [6.45, 7) is -0.0392. The number of hydrogen-bond acceptors (Lipinski definition) is 4. The Labute approximate surface area is 96.2 Å². The van der Waals surface area contributed by atoms with Crippen LogP contribution in [0.15, 0.2) is 6.07 Å². The van der Waals surface area contributed by atoms with Crippen LogP contribution in [0.25, 0.3) is 0 Å². The van der Waals surface area contributed by atoms with E-state index in [1.54, 1.807) is 0 Å². The van der Waals surface area contributed by atoms with Gasteiger partial charge in [-0.15, -0.1) is 0 Å². The molecule has 1 aromatic heterocycles. The topological polar surface area (TPSA) is 85.4 Å². The summed E-state index contributed by atoms with van der Waals surface area (Å²) in [7, 11) is 1.21. The van der Waals surface area contributed by atoms with E-state index in [0.29, 0.717) is 0 Å². The molecule has 1 heterocycles.